The van der Waals surface area contributed by atoms with Crippen molar-refractivity contribution in [3.8, 4) is 11.3 Å². The first kappa shape index (κ1) is 23.9. The molecule has 2 fully saturated rings. The smallest absolute Gasteiger partial charge is 0.433 e. The summed E-state index contributed by atoms with van der Waals surface area (Å²) in [5.41, 5.74) is -0.406. The number of hydrogen-bond acceptors (Lipinski definition) is 6. The number of rotatable bonds is 4. The van der Waals surface area contributed by atoms with E-state index in [2.05, 4.69) is 20.3 Å². The van der Waals surface area contributed by atoms with Crippen LogP contribution in [0, 0.1) is 5.41 Å². The number of nitrogens with one attached hydrogen (secondary N) is 1. The van der Waals surface area contributed by atoms with Gasteiger partial charge < -0.3 is 10.1 Å². The summed E-state index contributed by atoms with van der Waals surface area (Å²) in [7, 11) is 0. The zero-order valence-electron chi connectivity index (χ0n) is 19.1. The van der Waals surface area contributed by atoms with Crippen LogP contribution in [-0.4, -0.2) is 50.0 Å². The maximum Gasteiger partial charge on any atom is 0.433 e. The highest BCUT2D eigenvalue weighted by atomic mass is 19.4. The quantitative estimate of drug-likeness (QED) is 0.716. The van der Waals surface area contributed by atoms with Crippen LogP contribution in [0.25, 0.3) is 11.3 Å². The third kappa shape index (κ3) is 5.45. The van der Waals surface area contributed by atoms with Crippen LogP contribution in [0.15, 0.2) is 30.7 Å². The predicted octanol–water partition coefficient (Wildman–Crippen LogP) is 3.96. The van der Waals surface area contributed by atoms with Gasteiger partial charge in [0.2, 0.25) is 5.91 Å². The number of likely N-dealkylation sites (tertiary alicyclic amines) is 1. The fraction of sp³-hybridized carbons (Fsp3) is 0.522. The fourth-order valence-electron chi connectivity index (χ4n) is 4.00. The van der Waals surface area contributed by atoms with Gasteiger partial charge in [0.1, 0.15) is 23.7 Å². The SMILES string of the molecule is CC(C)(C)OC(=O)N1CC2(CC2)CC1C(=O)NCc1cc(-c2ccc(C(F)(F)F)nc2)ncn1. The zero-order chi connectivity index (χ0) is 24.7. The monoisotopic (exact) mass is 477 g/mol. The molecule has 2 amide bonds. The van der Waals surface area contributed by atoms with Crippen molar-refractivity contribution in [2.24, 2.45) is 5.41 Å². The van der Waals surface area contributed by atoms with Crippen molar-refractivity contribution in [3.63, 3.8) is 0 Å². The normalized spacial score (nSPS) is 19.2. The van der Waals surface area contributed by atoms with E-state index in [0.29, 0.717) is 29.9 Å². The van der Waals surface area contributed by atoms with E-state index in [1.165, 1.54) is 17.3 Å². The van der Waals surface area contributed by atoms with Gasteiger partial charge >= 0.3 is 12.3 Å². The summed E-state index contributed by atoms with van der Waals surface area (Å²) in [5.74, 6) is -0.300. The van der Waals surface area contributed by atoms with Crippen molar-refractivity contribution in [2.45, 2.75) is 64.4 Å². The summed E-state index contributed by atoms with van der Waals surface area (Å²) in [4.78, 5) is 38.8. The number of ether oxygens (including phenoxy) is 1. The first-order valence-corrected chi connectivity index (χ1v) is 11.0. The molecule has 2 aromatic rings. The minimum absolute atomic E-state index is 0.00340. The van der Waals surface area contributed by atoms with Crippen LogP contribution < -0.4 is 5.32 Å². The molecule has 1 aliphatic carbocycles. The molecule has 1 saturated heterocycles. The van der Waals surface area contributed by atoms with E-state index < -0.39 is 29.6 Å². The molecule has 1 atom stereocenters. The van der Waals surface area contributed by atoms with Gasteiger partial charge in [-0.15, -0.1) is 0 Å². The highest BCUT2D eigenvalue weighted by molar-refractivity contribution is 5.86. The van der Waals surface area contributed by atoms with Crippen molar-refractivity contribution in [1.29, 1.82) is 0 Å². The molecule has 1 saturated carbocycles. The molecule has 0 aromatic carbocycles. The summed E-state index contributed by atoms with van der Waals surface area (Å²) in [5, 5.41) is 2.82. The van der Waals surface area contributed by atoms with E-state index in [0.717, 1.165) is 25.1 Å². The topological polar surface area (TPSA) is 97.3 Å². The molecule has 1 aliphatic heterocycles. The number of aromatic nitrogens is 3. The largest absolute Gasteiger partial charge is 0.444 e. The van der Waals surface area contributed by atoms with Crippen molar-refractivity contribution < 1.29 is 27.5 Å². The third-order valence-corrected chi connectivity index (χ3v) is 5.91. The molecule has 2 aromatic heterocycles. The average molecular weight is 477 g/mol. The second kappa shape index (κ2) is 8.52. The average Bonchev–Trinajstić information content (AvgIpc) is 3.40. The lowest BCUT2D eigenvalue weighted by Gasteiger charge is -2.28. The number of alkyl halides is 3. The Morgan fingerprint density at radius 2 is 1.91 bits per heavy atom. The zero-order valence-corrected chi connectivity index (χ0v) is 19.1. The number of carbonyl (C=O) groups excluding carboxylic acids is 2. The predicted molar refractivity (Wildman–Crippen MR) is 115 cm³/mol. The highest BCUT2D eigenvalue weighted by Gasteiger charge is 2.55. The van der Waals surface area contributed by atoms with E-state index in [1.54, 1.807) is 26.8 Å². The molecule has 1 spiro atoms. The molecule has 2 aliphatic rings. The first-order valence-electron chi connectivity index (χ1n) is 11.0. The summed E-state index contributed by atoms with van der Waals surface area (Å²) < 4.78 is 43.7. The molecule has 0 bridgehead atoms. The fourth-order valence-corrected chi connectivity index (χ4v) is 4.00. The number of nitrogens with zero attached hydrogens (tertiary/aromatic N) is 4. The van der Waals surface area contributed by atoms with Gasteiger partial charge in [0, 0.05) is 18.3 Å². The molecule has 0 radical (unpaired) electrons. The van der Waals surface area contributed by atoms with Crippen LogP contribution in [-0.2, 0) is 22.3 Å². The molecule has 4 rings (SSSR count). The first-order chi connectivity index (χ1) is 15.9. The van der Waals surface area contributed by atoms with Crippen LogP contribution in [0.1, 0.15) is 51.4 Å². The Labute approximate surface area is 194 Å². The van der Waals surface area contributed by atoms with Crippen molar-refractivity contribution in [2.75, 3.05) is 6.54 Å². The number of carbonyl (C=O) groups is 2. The van der Waals surface area contributed by atoms with Gasteiger partial charge in [-0.25, -0.2) is 14.8 Å². The van der Waals surface area contributed by atoms with Crippen LogP contribution in [0.2, 0.25) is 0 Å². The molecule has 11 heteroatoms. The van der Waals surface area contributed by atoms with Crippen LogP contribution >= 0.6 is 0 Å². The Balaban J connectivity index is 1.42. The maximum atomic E-state index is 13.0. The molecule has 8 nitrogen and oxygen atoms in total. The number of hydrogen-bond donors (Lipinski definition) is 1. The molecule has 34 heavy (non-hydrogen) atoms. The highest BCUT2D eigenvalue weighted by Crippen LogP contribution is 2.55. The number of halogens is 3. The van der Waals surface area contributed by atoms with E-state index in [1.807, 2.05) is 0 Å². The summed E-state index contributed by atoms with van der Waals surface area (Å²) in [6.45, 7) is 5.91. The lowest BCUT2D eigenvalue weighted by atomic mass is 10.0. The Kier molecular flexibility index (Phi) is 5.99. The van der Waals surface area contributed by atoms with Crippen molar-refractivity contribution in [1.82, 2.24) is 25.2 Å². The number of pyridine rings is 1. The van der Waals surface area contributed by atoms with Gasteiger partial charge in [-0.3, -0.25) is 14.7 Å². The maximum absolute atomic E-state index is 13.0. The minimum Gasteiger partial charge on any atom is -0.444 e. The summed E-state index contributed by atoms with van der Waals surface area (Å²) in [6.07, 6.45) is -0.110. The van der Waals surface area contributed by atoms with Gasteiger partial charge in [-0.05, 0) is 63.6 Å². The van der Waals surface area contributed by atoms with Crippen LogP contribution in [0.5, 0.6) is 0 Å². The Hall–Kier alpha value is -3.24. The van der Waals surface area contributed by atoms with Crippen LogP contribution in [0.3, 0.4) is 0 Å². The third-order valence-electron chi connectivity index (χ3n) is 5.91. The van der Waals surface area contributed by atoms with Gasteiger partial charge in [-0.2, -0.15) is 13.2 Å². The standard InChI is InChI=1S/C23H26F3N5O3/c1-21(2,3)34-20(33)31-12-22(6-7-22)9-17(31)19(32)28-11-15-8-16(30-13-29-15)14-4-5-18(27-10-14)23(24,25)26/h4-5,8,10,13,17H,6-7,9,11-12H2,1-3H3,(H,28,32). The molecule has 1 unspecified atom stereocenters. The van der Waals surface area contributed by atoms with Gasteiger partial charge in [0.15, 0.2) is 0 Å². The Morgan fingerprint density at radius 3 is 2.50 bits per heavy atom. The Bertz CT molecular complexity index is 1080. The molecule has 182 valence electrons. The van der Waals surface area contributed by atoms with Gasteiger partial charge in [0.25, 0.3) is 0 Å². The second-order valence-electron chi connectivity index (χ2n) is 9.87. The molecular weight excluding hydrogens is 451 g/mol. The van der Waals surface area contributed by atoms with Crippen molar-refractivity contribution >= 4 is 12.0 Å². The van der Waals surface area contributed by atoms with E-state index in [9.17, 15) is 22.8 Å². The molecular formula is C23H26F3N5O3. The summed E-state index contributed by atoms with van der Waals surface area (Å²) in [6, 6.07) is 3.12. The Morgan fingerprint density at radius 1 is 1.18 bits per heavy atom. The molecule has 1 N–H and O–H groups in total. The minimum atomic E-state index is -4.52. The number of amides is 2. The summed E-state index contributed by atoms with van der Waals surface area (Å²) >= 11 is 0. The van der Waals surface area contributed by atoms with Gasteiger partial charge in [0.05, 0.1) is 17.9 Å². The van der Waals surface area contributed by atoms with E-state index in [-0.39, 0.29) is 17.9 Å². The van der Waals surface area contributed by atoms with E-state index in [4.69, 9.17) is 4.74 Å². The van der Waals surface area contributed by atoms with Crippen molar-refractivity contribution in [3.05, 3.63) is 42.1 Å². The van der Waals surface area contributed by atoms with Gasteiger partial charge in [-0.1, -0.05) is 0 Å². The lowest BCUT2D eigenvalue weighted by molar-refractivity contribution is -0.141. The lowest BCUT2D eigenvalue weighted by Crippen LogP contribution is -2.47. The van der Waals surface area contributed by atoms with Crippen LogP contribution in [0.4, 0.5) is 18.0 Å². The second-order valence-corrected chi connectivity index (χ2v) is 9.87. The molecule has 3 heterocycles. The van der Waals surface area contributed by atoms with E-state index >= 15 is 0 Å².